The highest BCUT2D eigenvalue weighted by molar-refractivity contribution is 7.85. The summed E-state index contributed by atoms with van der Waals surface area (Å²) in [5.41, 5.74) is -4.75. The topological polar surface area (TPSA) is 96.3 Å². The zero-order valence-corrected chi connectivity index (χ0v) is 24.1. The van der Waals surface area contributed by atoms with Crippen molar-refractivity contribution < 1.29 is 48.1 Å². The van der Waals surface area contributed by atoms with Gasteiger partial charge in [0.2, 0.25) is 0 Å². The Balaban J connectivity index is 2.06. The van der Waals surface area contributed by atoms with Crippen molar-refractivity contribution in [2.24, 2.45) is 0 Å². The largest absolute Gasteiger partial charge is 0.416 e. The molecule has 0 saturated carbocycles. The summed E-state index contributed by atoms with van der Waals surface area (Å²) in [6, 6.07) is 6.57. The Morgan fingerprint density at radius 3 is 2.02 bits per heavy atom. The number of anilines is 1. The van der Waals surface area contributed by atoms with Crippen LogP contribution in [0.4, 0.5) is 36.4 Å². The van der Waals surface area contributed by atoms with Gasteiger partial charge >= 0.3 is 12.4 Å². The van der Waals surface area contributed by atoms with Crippen molar-refractivity contribution in [1.29, 1.82) is 5.26 Å². The lowest BCUT2D eigenvalue weighted by Crippen LogP contribution is -2.35. The van der Waals surface area contributed by atoms with Gasteiger partial charge in [-0.05, 0) is 67.8 Å². The van der Waals surface area contributed by atoms with Crippen LogP contribution in [0.1, 0.15) is 46.5 Å². The zero-order valence-electron chi connectivity index (χ0n) is 22.4. The third-order valence-electron chi connectivity index (χ3n) is 6.36. The van der Waals surface area contributed by atoms with E-state index in [4.69, 9.17) is 4.18 Å². The minimum Gasteiger partial charge on any atom is -0.376 e. The molecule has 0 fully saturated rings. The Kier molecular flexibility index (Phi) is 9.17. The number of ketones is 1. The van der Waals surface area contributed by atoms with E-state index in [1.165, 1.54) is 26.0 Å². The minimum atomic E-state index is -5.11. The molecule has 1 N–H and O–H groups in total. The second-order valence-electron chi connectivity index (χ2n) is 9.84. The van der Waals surface area contributed by atoms with Crippen LogP contribution in [0, 0.1) is 24.1 Å². The first-order chi connectivity index (χ1) is 19.1. The quantitative estimate of drug-likeness (QED) is 0.197. The van der Waals surface area contributed by atoms with E-state index in [2.05, 4.69) is 5.32 Å². The zero-order chi connectivity index (χ0) is 31.8. The van der Waals surface area contributed by atoms with E-state index < -0.39 is 69.3 Å². The highest BCUT2D eigenvalue weighted by Gasteiger charge is 2.40. The van der Waals surface area contributed by atoms with Crippen LogP contribution in [0.25, 0.3) is 10.4 Å². The van der Waals surface area contributed by atoms with E-state index >= 15 is 0 Å². The standard InChI is InChI=1S/C27H23F7N2O4S2/c1-14-7-18(28)5-6-19(14)24-23(20(11-35)21(41-24)13-40-42(4,38)39)36-12-22(37)25(2,3)15-8-16(26(29,30)31)10-17(9-15)27(32,33)34/h5-10,36H,12-13H2,1-4H3. The van der Waals surface area contributed by atoms with Crippen LogP contribution < -0.4 is 5.32 Å². The van der Waals surface area contributed by atoms with Crippen LogP contribution in [-0.2, 0) is 43.5 Å². The second kappa shape index (κ2) is 11.7. The Hall–Kier alpha value is -3.48. The fraction of sp³-hybridized carbons (Fsp3) is 0.333. The second-order valence-corrected chi connectivity index (χ2v) is 12.6. The molecule has 3 rings (SSSR count). The molecular weight excluding hydrogens is 613 g/mol. The molecule has 0 aliphatic heterocycles. The summed E-state index contributed by atoms with van der Waals surface area (Å²) in [4.78, 5) is 13.8. The normalized spacial score (nSPS) is 12.7. The van der Waals surface area contributed by atoms with Crippen molar-refractivity contribution >= 4 is 32.9 Å². The van der Waals surface area contributed by atoms with Gasteiger partial charge in [-0.2, -0.15) is 40.0 Å². The van der Waals surface area contributed by atoms with Gasteiger partial charge in [0.15, 0.2) is 5.78 Å². The van der Waals surface area contributed by atoms with Gasteiger partial charge in [0.1, 0.15) is 18.5 Å². The van der Waals surface area contributed by atoms with E-state index in [1.54, 1.807) is 6.92 Å². The number of thiophene rings is 1. The van der Waals surface area contributed by atoms with Gasteiger partial charge in [-0.15, -0.1) is 11.3 Å². The van der Waals surface area contributed by atoms with Crippen LogP contribution in [-0.4, -0.2) is 27.0 Å². The SMILES string of the molecule is Cc1cc(F)ccc1-c1sc(COS(C)(=O)=O)c(C#N)c1NCC(=O)C(C)(C)c1cc(C(F)(F)F)cc(C(F)(F)F)c1. The monoisotopic (exact) mass is 636 g/mol. The highest BCUT2D eigenvalue weighted by Crippen LogP contribution is 2.43. The number of Topliss-reactive ketones (excluding diaryl/α,β-unsaturated/α-hetero) is 1. The molecule has 0 aliphatic rings. The maximum absolute atomic E-state index is 13.8. The summed E-state index contributed by atoms with van der Waals surface area (Å²) in [5.74, 6) is -1.37. The van der Waals surface area contributed by atoms with Crippen molar-refractivity contribution in [2.75, 3.05) is 18.1 Å². The van der Waals surface area contributed by atoms with Crippen LogP contribution in [0.3, 0.4) is 0 Å². The van der Waals surface area contributed by atoms with Gasteiger partial charge in [-0.3, -0.25) is 8.98 Å². The molecule has 1 aromatic heterocycles. The Morgan fingerprint density at radius 1 is 1.00 bits per heavy atom. The van der Waals surface area contributed by atoms with Crippen molar-refractivity contribution in [2.45, 2.75) is 45.1 Å². The smallest absolute Gasteiger partial charge is 0.376 e. The fourth-order valence-electron chi connectivity index (χ4n) is 3.97. The van der Waals surface area contributed by atoms with E-state index in [-0.39, 0.29) is 22.2 Å². The van der Waals surface area contributed by atoms with Crippen molar-refractivity contribution in [3.8, 4) is 16.5 Å². The Bertz CT molecular complexity index is 1640. The first kappa shape index (κ1) is 33.0. The number of carbonyl (C=O) groups is 1. The molecule has 0 radical (unpaired) electrons. The molecule has 0 saturated heterocycles. The van der Waals surface area contributed by atoms with E-state index in [0.29, 0.717) is 28.1 Å². The summed E-state index contributed by atoms with van der Waals surface area (Å²) in [5, 5.41) is 12.6. The Labute approximate surface area is 240 Å². The van der Waals surface area contributed by atoms with Crippen LogP contribution in [0.2, 0.25) is 0 Å². The molecule has 42 heavy (non-hydrogen) atoms. The molecular formula is C27H23F7N2O4S2. The van der Waals surface area contributed by atoms with Gasteiger partial charge in [-0.25, -0.2) is 4.39 Å². The number of halogens is 7. The van der Waals surface area contributed by atoms with Crippen LogP contribution in [0.15, 0.2) is 36.4 Å². The molecule has 1 heterocycles. The van der Waals surface area contributed by atoms with Gasteiger partial charge in [0.05, 0.1) is 50.3 Å². The number of hydrogen-bond donors (Lipinski definition) is 1. The van der Waals surface area contributed by atoms with E-state index in [9.17, 15) is 49.2 Å². The maximum Gasteiger partial charge on any atom is 0.416 e. The lowest BCUT2D eigenvalue weighted by Gasteiger charge is -2.26. The molecule has 3 aromatic rings. The fourth-order valence-corrected chi connectivity index (χ4v) is 5.60. The molecule has 0 bridgehead atoms. The number of benzene rings is 2. The first-order valence-electron chi connectivity index (χ1n) is 11.9. The Morgan fingerprint density at radius 2 is 1.55 bits per heavy atom. The highest BCUT2D eigenvalue weighted by atomic mass is 32.2. The molecule has 0 aliphatic carbocycles. The molecule has 6 nitrogen and oxygen atoms in total. The first-order valence-corrected chi connectivity index (χ1v) is 14.5. The van der Waals surface area contributed by atoms with Crippen molar-refractivity contribution in [1.82, 2.24) is 0 Å². The predicted octanol–water partition coefficient (Wildman–Crippen LogP) is 7.21. The molecule has 0 unspecified atom stereocenters. The molecule has 0 spiro atoms. The third kappa shape index (κ3) is 7.47. The summed E-state index contributed by atoms with van der Waals surface area (Å²) in [6.07, 6.45) is -9.42. The molecule has 2 aromatic carbocycles. The van der Waals surface area contributed by atoms with Crippen LogP contribution >= 0.6 is 11.3 Å². The maximum atomic E-state index is 13.8. The summed E-state index contributed by atoms with van der Waals surface area (Å²) >= 11 is 0.931. The number of hydrogen-bond acceptors (Lipinski definition) is 7. The molecule has 0 atom stereocenters. The molecule has 15 heteroatoms. The number of aryl methyl sites for hydroxylation is 1. The number of nitriles is 1. The van der Waals surface area contributed by atoms with Gasteiger partial charge in [0, 0.05) is 0 Å². The average Bonchev–Trinajstić information content (AvgIpc) is 3.21. The van der Waals surface area contributed by atoms with Crippen molar-refractivity contribution in [3.63, 3.8) is 0 Å². The van der Waals surface area contributed by atoms with E-state index in [0.717, 1.165) is 23.7 Å². The number of nitrogens with one attached hydrogen (secondary N) is 1. The number of alkyl halides is 6. The average molecular weight is 637 g/mol. The molecule has 226 valence electrons. The van der Waals surface area contributed by atoms with Crippen LogP contribution in [0.5, 0.6) is 0 Å². The molecule has 0 amide bonds. The summed E-state index contributed by atoms with van der Waals surface area (Å²) in [6.45, 7) is 2.73. The summed E-state index contributed by atoms with van der Waals surface area (Å²) < 4.78 is 122. The van der Waals surface area contributed by atoms with Gasteiger partial charge < -0.3 is 5.32 Å². The van der Waals surface area contributed by atoms with Gasteiger partial charge in [-0.1, -0.05) is 6.07 Å². The van der Waals surface area contributed by atoms with Crippen molar-refractivity contribution in [3.05, 3.63) is 74.9 Å². The lowest BCUT2D eigenvalue weighted by molar-refractivity contribution is -0.143. The number of nitrogens with zero attached hydrogens (tertiary/aromatic N) is 1. The number of carbonyl (C=O) groups excluding carboxylic acids is 1. The number of rotatable bonds is 9. The summed E-state index contributed by atoms with van der Waals surface area (Å²) in [7, 11) is -3.92. The van der Waals surface area contributed by atoms with E-state index in [1.807, 2.05) is 6.07 Å². The minimum absolute atomic E-state index is 0.0356. The third-order valence-corrected chi connectivity index (χ3v) is 8.10. The lowest BCUT2D eigenvalue weighted by atomic mass is 9.79. The predicted molar refractivity (Wildman–Crippen MR) is 142 cm³/mol. The van der Waals surface area contributed by atoms with Gasteiger partial charge in [0.25, 0.3) is 10.1 Å².